The molecular formula is C20H18O4. The van der Waals surface area contributed by atoms with Crippen LogP contribution in [0.2, 0.25) is 0 Å². The molecule has 0 aliphatic heterocycles. The molecule has 0 saturated carbocycles. The summed E-state index contributed by atoms with van der Waals surface area (Å²) in [4.78, 5) is 11.9. The van der Waals surface area contributed by atoms with Gasteiger partial charge in [0.1, 0.15) is 18.1 Å². The van der Waals surface area contributed by atoms with Crippen LogP contribution in [-0.2, 0) is 11.3 Å². The van der Waals surface area contributed by atoms with E-state index in [0.717, 1.165) is 22.1 Å². The van der Waals surface area contributed by atoms with E-state index in [4.69, 9.17) is 14.2 Å². The number of carbonyl (C=O) groups is 1. The van der Waals surface area contributed by atoms with Crippen LogP contribution in [0.4, 0.5) is 0 Å². The topological polar surface area (TPSA) is 44.8 Å². The molecular weight excluding hydrogens is 304 g/mol. The van der Waals surface area contributed by atoms with E-state index in [1.807, 2.05) is 48.5 Å². The first-order valence-corrected chi connectivity index (χ1v) is 7.58. The van der Waals surface area contributed by atoms with Crippen molar-refractivity contribution in [3.05, 3.63) is 71.8 Å². The van der Waals surface area contributed by atoms with Crippen molar-refractivity contribution in [2.24, 2.45) is 0 Å². The number of carbonyl (C=O) groups excluding carboxylic acids is 1. The van der Waals surface area contributed by atoms with E-state index >= 15 is 0 Å². The lowest BCUT2D eigenvalue weighted by atomic mass is 10.1. The van der Waals surface area contributed by atoms with Crippen LogP contribution in [-0.4, -0.2) is 20.2 Å². The molecule has 0 atom stereocenters. The molecule has 3 aromatic carbocycles. The largest absolute Gasteiger partial charge is 0.497 e. The van der Waals surface area contributed by atoms with E-state index < -0.39 is 5.97 Å². The van der Waals surface area contributed by atoms with Crippen LogP contribution in [0, 0.1) is 0 Å². The maximum atomic E-state index is 11.9. The highest BCUT2D eigenvalue weighted by molar-refractivity contribution is 5.98. The van der Waals surface area contributed by atoms with Gasteiger partial charge < -0.3 is 14.2 Å². The highest BCUT2D eigenvalue weighted by Gasteiger charge is 2.12. The van der Waals surface area contributed by atoms with Crippen LogP contribution in [0.1, 0.15) is 15.9 Å². The molecule has 0 radical (unpaired) electrons. The average Bonchev–Trinajstić information content (AvgIpc) is 2.65. The highest BCUT2D eigenvalue weighted by atomic mass is 16.5. The van der Waals surface area contributed by atoms with E-state index in [2.05, 4.69) is 0 Å². The summed E-state index contributed by atoms with van der Waals surface area (Å²) < 4.78 is 16.1. The Balaban J connectivity index is 2.01. The molecule has 0 spiro atoms. The molecule has 0 aliphatic rings. The molecule has 24 heavy (non-hydrogen) atoms. The van der Waals surface area contributed by atoms with Crippen LogP contribution in [0.5, 0.6) is 11.5 Å². The molecule has 0 unspecified atom stereocenters. The molecule has 0 amide bonds. The van der Waals surface area contributed by atoms with Gasteiger partial charge in [-0.2, -0.15) is 0 Å². The Kier molecular flexibility index (Phi) is 4.66. The first-order valence-electron chi connectivity index (χ1n) is 7.58. The van der Waals surface area contributed by atoms with Crippen molar-refractivity contribution in [2.75, 3.05) is 14.2 Å². The molecule has 0 aromatic heterocycles. The Morgan fingerprint density at radius 3 is 2.46 bits per heavy atom. The summed E-state index contributed by atoms with van der Waals surface area (Å²) in [6.45, 7) is 0.423. The molecule has 0 N–H and O–H groups in total. The summed E-state index contributed by atoms with van der Waals surface area (Å²) in [5.41, 5.74) is 1.50. The number of hydrogen-bond donors (Lipinski definition) is 0. The molecule has 122 valence electrons. The number of esters is 1. The molecule has 3 aromatic rings. The SMILES string of the molecule is COC(=O)c1cc(OCc2ccccc2)c2ccc(OC)cc2c1. The van der Waals surface area contributed by atoms with Gasteiger partial charge in [-0.05, 0) is 41.3 Å². The van der Waals surface area contributed by atoms with Gasteiger partial charge in [0.05, 0.1) is 19.8 Å². The van der Waals surface area contributed by atoms with E-state index in [-0.39, 0.29) is 0 Å². The van der Waals surface area contributed by atoms with Crippen LogP contribution in [0.15, 0.2) is 60.7 Å². The lowest BCUT2D eigenvalue weighted by Gasteiger charge is -2.12. The standard InChI is InChI=1S/C20H18O4/c1-22-17-8-9-18-15(11-17)10-16(20(21)23-2)12-19(18)24-13-14-6-4-3-5-7-14/h3-12H,13H2,1-2H3. The first kappa shape index (κ1) is 15.9. The number of benzene rings is 3. The second-order valence-electron chi connectivity index (χ2n) is 5.33. The minimum absolute atomic E-state index is 0.399. The maximum Gasteiger partial charge on any atom is 0.338 e. The summed E-state index contributed by atoms with van der Waals surface area (Å²) >= 11 is 0. The average molecular weight is 322 g/mol. The minimum atomic E-state index is -0.399. The number of ether oxygens (including phenoxy) is 3. The lowest BCUT2D eigenvalue weighted by molar-refractivity contribution is 0.0600. The molecule has 3 rings (SSSR count). The van der Waals surface area contributed by atoms with Crippen LogP contribution in [0.3, 0.4) is 0 Å². The zero-order chi connectivity index (χ0) is 16.9. The lowest BCUT2D eigenvalue weighted by Crippen LogP contribution is -2.03. The first-order chi connectivity index (χ1) is 11.7. The third kappa shape index (κ3) is 3.33. The molecule has 0 heterocycles. The Morgan fingerprint density at radius 2 is 1.75 bits per heavy atom. The van der Waals surface area contributed by atoms with Gasteiger partial charge in [-0.25, -0.2) is 4.79 Å². The van der Waals surface area contributed by atoms with Gasteiger partial charge in [0.15, 0.2) is 0 Å². The summed E-state index contributed by atoms with van der Waals surface area (Å²) in [7, 11) is 2.97. The van der Waals surface area contributed by atoms with E-state index in [0.29, 0.717) is 17.9 Å². The number of hydrogen-bond acceptors (Lipinski definition) is 4. The number of rotatable bonds is 5. The van der Waals surface area contributed by atoms with Crippen LogP contribution >= 0.6 is 0 Å². The maximum absolute atomic E-state index is 11.9. The Bertz CT molecular complexity index is 856. The third-order valence-corrected chi connectivity index (χ3v) is 3.78. The van der Waals surface area contributed by atoms with Gasteiger partial charge in [-0.3, -0.25) is 0 Å². The Hall–Kier alpha value is -3.01. The summed E-state index contributed by atoms with van der Waals surface area (Å²) in [6.07, 6.45) is 0. The second-order valence-corrected chi connectivity index (χ2v) is 5.33. The summed E-state index contributed by atoms with van der Waals surface area (Å²) in [5, 5.41) is 1.78. The van der Waals surface area contributed by atoms with Gasteiger partial charge in [0, 0.05) is 5.39 Å². The smallest absolute Gasteiger partial charge is 0.338 e. The predicted octanol–water partition coefficient (Wildman–Crippen LogP) is 4.21. The van der Waals surface area contributed by atoms with Crippen molar-refractivity contribution in [3.63, 3.8) is 0 Å². The number of methoxy groups -OCH3 is 2. The van der Waals surface area contributed by atoms with Gasteiger partial charge in [0.25, 0.3) is 0 Å². The summed E-state index contributed by atoms with van der Waals surface area (Å²) in [5.74, 6) is 0.960. The van der Waals surface area contributed by atoms with Crippen molar-refractivity contribution in [2.45, 2.75) is 6.61 Å². The van der Waals surface area contributed by atoms with Gasteiger partial charge >= 0.3 is 5.97 Å². The van der Waals surface area contributed by atoms with Crippen LogP contribution in [0.25, 0.3) is 10.8 Å². The van der Waals surface area contributed by atoms with Crippen molar-refractivity contribution >= 4 is 16.7 Å². The Morgan fingerprint density at radius 1 is 0.958 bits per heavy atom. The van der Waals surface area contributed by atoms with Crippen LogP contribution < -0.4 is 9.47 Å². The van der Waals surface area contributed by atoms with E-state index in [1.54, 1.807) is 19.2 Å². The zero-order valence-electron chi connectivity index (χ0n) is 13.6. The molecule has 4 heteroatoms. The molecule has 4 nitrogen and oxygen atoms in total. The molecule has 0 saturated heterocycles. The van der Waals surface area contributed by atoms with E-state index in [9.17, 15) is 4.79 Å². The fourth-order valence-corrected chi connectivity index (χ4v) is 2.53. The second kappa shape index (κ2) is 7.04. The Labute approximate surface area is 140 Å². The molecule has 0 bridgehead atoms. The summed E-state index contributed by atoms with van der Waals surface area (Å²) in [6, 6.07) is 19.0. The van der Waals surface area contributed by atoms with Crippen molar-refractivity contribution in [1.29, 1.82) is 0 Å². The van der Waals surface area contributed by atoms with Crippen molar-refractivity contribution < 1.29 is 19.0 Å². The quantitative estimate of drug-likeness (QED) is 0.660. The van der Waals surface area contributed by atoms with Crippen molar-refractivity contribution in [1.82, 2.24) is 0 Å². The normalized spacial score (nSPS) is 10.4. The highest BCUT2D eigenvalue weighted by Crippen LogP contribution is 2.31. The monoisotopic (exact) mass is 322 g/mol. The number of fused-ring (bicyclic) bond motifs is 1. The van der Waals surface area contributed by atoms with E-state index in [1.165, 1.54) is 7.11 Å². The molecule has 0 fully saturated rings. The van der Waals surface area contributed by atoms with Crippen molar-refractivity contribution in [3.8, 4) is 11.5 Å². The minimum Gasteiger partial charge on any atom is -0.497 e. The fourth-order valence-electron chi connectivity index (χ4n) is 2.53. The van der Waals surface area contributed by atoms with Gasteiger partial charge in [-0.1, -0.05) is 30.3 Å². The molecule has 0 aliphatic carbocycles. The van der Waals surface area contributed by atoms with Gasteiger partial charge in [-0.15, -0.1) is 0 Å². The zero-order valence-corrected chi connectivity index (χ0v) is 13.6. The third-order valence-electron chi connectivity index (χ3n) is 3.78. The van der Waals surface area contributed by atoms with Gasteiger partial charge in [0.2, 0.25) is 0 Å². The fraction of sp³-hybridized carbons (Fsp3) is 0.150. The predicted molar refractivity (Wildman–Crippen MR) is 92.6 cm³/mol.